The van der Waals surface area contributed by atoms with E-state index in [9.17, 15) is 26.7 Å². The van der Waals surface area contributed by atoms with E-state index < -0.39 is 48.9 Å². The lowest BCUT2D eigenvalue weighted by molar-refractivity contribution is -0.198. The van der Waals surface area contributed by atoms with Crippen molar-refractivity contribution in [3.05, 3.63) is 58.3 Å². The van der Waals surface area contributed by atoms with Crippen LogP contribution in [0.5, 0.6) is 5.88 Å². The number of hydrogen-bond acceptors (Lipinski definition) is 6. The standard InChI is InChI=1S/C27H28ClF5N4O3.ClH/c28-17-5-6-18(19(12-17)15-7-9-26(29,30)10-8-15)23(27(31,32)33)40-22-13-21(36-25(35)37-22)16-3-1-14(2-4-16)11-20(34)24(38)39;/h3,5-7,12-14,20,23H,1-2,4,8-11,34H2,(H,38,39)(H2,35,36,37);1H. The Morgan fingerprint density at radius 1 is 1.17 bits per heavy atom. The minimum Gasteiger partial charge on any atom is -0.480 e. The van der Waals surface area contributed by atoms with Crippen LogP contribution in [0.1, 0.15) is 67.9 Å². The largest absolute Gasteiger partial charge is 0.480 e. The topological polar surface area (TPSA) is 124 Å². The monoisotopic (exact) mass is 622 g/mol. The first kappa shape index (κ1) is 32.6. The molecule has 7 nitrogen and oxygen atoms in total. The Morgan fingerprint density at radius 2 is 1.90 bits per heavy atom. The molecule has 5 N–H and O–H groups in total. The van der Waals surface area contributed by atoms with E-state index >= 15 is 0 Å². The number of alkyl halides is 5. The summed E-state index contributed by atoms with van der Waals surface area (Å²) in [6, 6.07) is 4.04. The number of rotatable bonds is 8. The molecule has 3 unspecified atom stereocenters. The molecule has 0 spiro atoms. The fourth-order valence-electron chi connectivity index (χ4n) is 4.96. The third-order valence-electron chi connectivity index (χ3n) is 7.06. The summed E-state index contributed by atoms with van der Waals surface area (Å²) >= 11 is 6.08. The van der Waals surface area contributed by atoms with Crippen molar-refractivity contribution in [2.75, 3.05) is 5.73 Å². The Kier molecular flexibility index (Phi) is 10.3. The first-order valence-electron chi connectivity index (χ1n) is 12.6. The Hall–Kier alpha value is -2.96. The predicted molar refractivity (Wildman–Crippen MR) is 147 cm³/mol. The molecule has 1 heterocycles. The predicted octanol–water partition coefficient (Wildman–Crippen LogP) is 7.00. The number of ether oxygens (including phenoxy) is 1. The van der Waals surface area contributed by atoms with Gasteiger partial charge in [0, 0.05) is 29.5 Å². The number of hydrogen-bond donors (Lipinski definition) is 3. The van der Waals surface area contributed by atoms with Gasteiger partial charge in [-0.05, 0) is 66.9 Å². The molecule has 0 fully saturated rings. The lowest BCUT2D eigenvalue weighted by atomic mass is 9.84. The van der Waals surface area contributed by atoms with Gasteiger partial charge in [-0.1, -0.05) is 29.8 Å². The molecule has 4 rings (SSSR count). The second-order valence-electron chi connectivity index (χ2n) is 10.1. The molecule has 3 atom stereocenters. The van der Waals surface area contributed by atoms with Gasteiger partial charge in [0.25, 0.3) is 5.92 Å². The average molecular weight is 623 g/mol. The second-order valence-corrected chi connectivity index (χ2v) is 10.5. The summed E-state index contributed by atoms with van der Waals surface area (Å²) in [5.41, 5.74) is 12.6. The van der Waals surface area contributed by atoms with Crippen molar-refractivity contribution in [1.29, 1.82) is 0 Å². The first-order chi connectivity index (χ1) is 18.7. The van der Waals surface area contributed by atoms with Crippen molar-refractivity contribution in [3.8, 4) is 5.88 Å². The number of allylic oxidation sites excluding steroid dienone is 4. The van der Waals surface area contributed by atoms with E-state index in [1.807, 2.05) is 6.08 Å². The number of nitrogen functional groups attached to an aromatic ring is 1. The zero-order chi connectivity index (χ0) is 29.2. The van der Waals surface area contributed by atoms with E-state index in [2.05, 4.69) is 9.97 Å². The van der Waals surface area contributed by atoms with Gasteiger partial charge in [0.2, 0.25) is 17.9 Å². The van der Waals surface area contributed by atoms with Gasteiger partial charge in [0.1, 0.15) is 6.04 Å². The summed E-state index contributed by atoms with van der Waals surface area (Å²) in [5, 5.41) is 9.19. The van der Waals surface area contributed by atoms with Gasteiger partial charge >= 0.3 is 12.1 Å². The van der Waals surface area contributed by atoms with Gasteiger partial charge in [-0.2, -0.15) is 18.2 Å². The number of carboxylic acids is 1. The maximum absolute atomic E-state index is 14.4. The average Bonchev–Trinajstić information content (AvgIpc) is 2.87. The van der Waals surface area contributed by atoms with E-state index in [-0.39, 0.29) is 52.5 Å². The molecule has 0 amide bonds. The first-order valence-corrected chi connectivity index (χ1v) is 13.0. The molecule has 14 heteroatoms. The third kappa shape index (κ3) is 8.30. The molecule has 1 aromatic carbocycles. The van der Waals surface area contributed by atoms with Crippen molar-refractivity contribution in [2.45, 2.75) is 69.2 Å². The van der Waals surface area contributed by atoms with Crippen LogP contribution >= 0.6 is 24.0 Å². The fraction of sp³-hybridized carbons (Fsp3) is 0.444. The number of halogens is 7. The van der Waals surface area contributed by atoms with Gasteiger partial charge in [0.15, 0.2) is 0 Å². The van der Waals surface area contributed by atoms with E-state index in [4.69, 9.17) is 32.9 Å². The molecule has 0 saturated carbocycles. The third-order valence-corrected chi connectivity index (χ3v) is 7.29. The Bertz CT molecular complexity index is 1340. The van der Waals surface area contributed by atoms with E-state index in [0.717, 1.165) is 0 Å². The van der Waals surface area contributed by atoms with Gasteiger partial charge < -0.3 is 21.3 Å². The Balaban J connectivity index is 0.00000462. The van der Waals surface area contributed by atoms with Gasteiger partial charge in [-0.15, -0.1) is 12.4 Å². The number of aromatic nitrogens is 2. The van der Waals surface area contributed by atoms with Gasteiger partial charge in [0.05, 0.1) is 5.69 Å². The number of nitrogens with two attached hydrogens (primary N) is 2. The maximum atomic E-state index is 14.4. The zero-order valence-corrected chi connectivity index (χ0v) is 23.2. The molecule has 41 heavy (non-hydrogen) atoms. The lowest BCUT2D eigenvalue weighted by Crippen LogP contribution is -2.32. The molecule has 0 aliphatic heterocycles. The van der Waals surface area contributed by atoms with Crippen molar-refractivity contribution >= 4 is 47.1 Å². The number of carboxylic acid groups (broad SMARTS) is 1. The van der Waals surface area contributed by atoms with Crippen molar-refractivity contribution in [2.24, 2.45) is 11.7 Å². The van der Waals surface area contributed by atoms with Gasteiger partial charge in [-0.3, -0.25) is 4.79 Å². The number of anilines is 1. The summed E-state index contributed by atoms with van der Waals surface area (Å²) in [7, 11) is 0. The number of aliphatic carboxylic acids is 1. The van der Waals surface area contributed by atoms with E-state index in [0.29, 0.717) is 36.8 Å². The molecule has 0 saturated heterocycles. The van der Waals surface area contributed by atoms with Crippen LogP contribution < -0.4 is 16.2 Å². The highest BCUT2D eigenvalue weighted by molar-refractivity contribution is 6.30. The minimum absolute atomic E-state index is 0. The number of benzene rings is 1. The minimum atomic E-state index is -4.90. The van der Waals surface area contributed by atoms with Crippen LogP contribution in [0.2, 0.25) is 5.02 Å². The lowest BCUT2D eigenvalue weighted by Gasteiger charge is -2.27. The summed E-state index contributed by atoms with van der Waals surface area (Å²) < 4.78 is 76.0. The number of nitrogens with zero attached hydrogens (tertiary/aromatic N) is 2. The molecule has 1 aromatic heterocycles. The summed E-state index contributed by atoms with van der Waals surface area (Å²) in [6.45, 7) is 0. The molecular formula is C27H29Cl2F5N4O3. The van der Waals surface area contributed by atoms with Crippen LogP contribution in [0.4, 0.5) is 27.9 Å². The van der Waals surface area contributed by atoms with Crippen LogP contribution in [0, 0.1) is 5.92 Å². The molecular weight excluding hydrogens is 594 g/mol. The van der Waals surface area contributed by atoms with Crippen molar-refractivity contribution in [1.82, 2.24) is 9.97 Å². The molecule has 0 radical (unpaired) electrons. The zero-order valence-electron chi connectivity index (χ0n) is 21.6. The number of carbonyl (C=O) groups is 1. The maximum Gasteiger partial charge on any atom is 0.429 e. The molecule has 0 bridgehead atoms. The summed E-state index contributed by atoms with van der Waals surface area (Å²) in [5.74, 6) is -4.67. The summed E-state index contributed by atoms with van der Waals surface area (Å²) in [6.07, 6.45) is -3.62. The highest BCUT2D eigenvalue weighted by Gasteiger charge is 2.45. The molecule has 2 aromatic rings. The normalized spacial score (nSPS) is 20.2. The fourth-order valence-corrected chi connectivity index (χ4v) is 5.14. The van der Waals surface area contributed by atoms with Gasteiger partial charge in [-0.25, -0.2) is 13.8 Å². The Labute approximate surface area is 244 Å². The van der Waals surface area contributed by atoms with Crippen LogP contribution in [-0.4, -0.2) is 39.2 Å². The smallest absolute Gasteiger partial charge is 0.429 e. The quantitative estimate of drug-likeness (QED) is 0.271. The van der Waals surface area contributed by atoms with E-state index in [1.165, 1.54) is 30.3 Å². The molecule has 2 aliphatic carbocycles. The van der Waals surface area contributed by atoms with Crippen LogP contribution in [0.15, 0.2) is 36.4 Å². The van der Waals surface area contributed by atoms with Crippen molar-refractivity contribution in [3.63, 3.8) is 0 Å². The highest BCUT2D eigenvalue weighted by Crippen LogP contribution is 2.44. The van der Waals surface area contributed by atoms with Crippen LogP contribution in [0.3, 0.4) is 0 Å². The Morgan fingerprint density at radius 3 is 2.49 bits per heavy atom. The van der Waals surface area contributed by atoms with Crippen molar-refractivity contribution < 1.29 is 36.6 Å². The molecule has 2 aliphatic rings. The van der Waals surface area contributed by atoms with E-state index in [1.54, 1.807) is 0 Å². The molecule has 224 valence electrons. The SMILES string of the molecule is Cl.Nc1nc(OC(c2ccc(Cl)cc2C2=CCC(F)(F)CC2)C(F)(F)F)cc(C2=CCC(CC(N)C(=O)O)CC2)n1. The second kappa shape index (κ2) is 12.9. The summed E-state index contributed by atoms with van der Waals surface area (Å²) in [4.78, 5) is 19.0. The van der Waals surface area contributed by atoms with Crippen LogP contribution in [-0.2, 0) is 4.79 Å². The van der Waals surface area contributed by atoms with Crippen LogP contribution in [0.25, 0.3) is 11.1 Å². The highest BCUT2D eigenvalue weighted by atomic mass is 35.5.